The lowest BCUT2D eigenvalue weighted by Crippen LogP contribution is -2.44. The summed E-state index contributed by atoms with van der Waals surface area (Å²) < 4.78 is 0. The van der Waals surface area contributed by atoms with Crippen molar-refractivity contribution in [3.63, 3.8) is 0 Å². The summed E-state index contributed by atoms with van der Waals surface area (Å²) in [5, 5.41) is 13.8. The molecule has 120 valence electrons. The first-order chi connectivity index (χ1) is 10.5. The minimum Gasteiger partial charge on any atom is -0.349 e. The smallest absolute Gasteiger partial charge is 0.272 e. The molecule has 0 aliphatic carbocycles. The molecule has 0 bridgehead atoms. The van der Waals surface area contributed by atoms with Gasteiger partial charge in [0.25, 0.3) is 11.6 Å². The maximum atomic E-state index is 12.3. The largest absolute Gasteiger partial charge is 0.349 e. The van der Waals surface area contributed by atoms with E-state index in [1.807, 2.05) is 0 Å². The fourth-order valence-corrected chi connectivity index (χ4v) is 2.89. The van der Waals surface area contributed by atoms with Gasteiger partial charge in [-0.1, -0.05) is 6.92 Å². The van der Waals surface area contributed by atoms with Gasteiger partial charge < -0.3 is 10.2 Å². The normalized spacial score (nSPS) is 16.5. The molecule has 6 nitrogen and oxygen atoms in total. The van der Waals surface area contributed by atoms with Gasteiger partial charge in [0, 0.05) is 36.3 Å². The van der Waals surface area contributed by atoms with Gasteiger partial charge in [-0.2, -0.15) is 0 Å². The van der Waals surface area contributed by atoms with E-state index in [1.165, 1.54) is 12.1 Å². The van der Waals surface area contributed by atoms with Gasteiger partial charge in [-0.3, -0.25) is 14.9 Å². The first-order valence-electron chi connectivity index (χ1n) is 7.79. The van der Waals surface area contributed by atoms with Crippen LogP contribution < -0.4 is 5.32 Å². The summed E-state index contributed by atoms with van der Waals surface area (Å²) in [4.78, 5) is 25.0. The number of carbonyl (C=O) groups is 1. The zero-order valence-corrected chi connectivity index (χ0v) is 13.2. The third-order valence-electron chi connectivity index (χ3n) is 4.12. The molecule has 0 saturated carbocycles. The molecule has 1 aromatic rings. The number of benzene rings is 1. The molecule has 0 atom stereocenters. The Balaban J connectivity index is 1.93. The highest BCUT2D eigenvalue weighted by atomic mass is 16.6. The van der Waals surface area contributed by atoms with E-state index in [4.69, 9.17) is 0 Å². The second kappa shape index (κ2) is 7.35. The van der Waals surface area contributed by atoms with Crippen molar-refractivity contribution < 1.29 is 9.72 Å². The van der Waals surface area contributed by atoms with Crippen LogP contribution in [-0.2, 0) is 0 Å². The van der Waals surface area contributed by atoms with Crippen LogP contribution in [0.15, 0.2) is 18.2 Å². The number of amides is 1. The molecule has 22 heavy (non-hydrogen) atoms. The predicted molar refractivity (Wildman–Crippen MR) is 85.1 cm³/mol. The Bertz CT molecular complexity index is 552. The Morgan fingerprint density at radius 2 is 2.09 bits per heavy atom. The summed E-state index contributed by atoms with van der Waals surface area (Å²) in [5.74, 6) is -0.146. The molecule has 0 unspecified atom stereocenters. The Kier molecular flexibility index (Phi) is 5.49. The third kappa shape index (κ3) is 4.04. The van der Waals surface area contributed by atoms with Crippen molar-refractivity contribution in [3.05, 3.63) is 39.4 Å². The minimum absolute atomic E-state index is 0.0458. The van der Waals surface area contributed by atoms with Gasteiger partial charge in [0.05, 0.1) is 4.92 Å². The number of nitro benzene ring substituents is 1. The molecule has 1 heterocycles. The molecule has 1 aliphatic heterocycles. The van der Waals surface area contributed by atoms with Crippen molar-refractivity contribution in [3.8, 4) is 0 Å². The molecule has 0 radical (unpaired) electrons. The number of piperidine rings is 1. The van der Waals surface area contributed by atoms with E-state index in [0.717, 1.165) is 38.9 Å². The van der Waals surface area contributed by atoms with Crippen molar-refractivity contribution in [2.45, 2.75) is 39.2 Å². The molecule has 0 aromatic heterocycles. The number of aryl methyl sites for hydroxylation is 1. The average Bonchev–Trinajstić information content (AvgIpc) is 2.49. The van der Waals surface area contributed by atoms with Gasteiger partial charge in [0.1, 0.15) is 0 Å². The van der Waals surface area contributed by atoms with Crippen molar-refractivity contribution in [1.29, 1.82) is 0 Å². The average molecular weight is 305 g/mol. The zero-order valence-electron chi connectivity index (χ0n) is 13.2. The summed E-state index contributed by atoms with van der Waals surface area (Å²) in [7, 11) is 0. The van der Waals surface area contributed by atoms with Crippen LogP contribution in [0, 0.1) is 17.0 Å². The van der Waals surface area contributed by atoms with Gasteiger partial charge in [0.15, 0.2) is 0 Å². The highest BCUT2D eigenvalue weighted by molar-refractivity contribution is 5.94. The first kappa shape index (κ1) is 16.4. The van der Waals surface area contributed by atoms with E-state index in [2.05, 4.69) is 17.1 Å². The van der Waals surface area contributed by atoms with Gasteiger partial charge in [-0.15, -0.1) is 0 Å². The number of rotatable bonds is 5. The standard InChI is InChI=1S/C16H23N3O3/c1-3-8-18-9-6-14(7-10-18)17-16(20)13-4-5-15(19(21)22)12(2)11-13/h4-5,11,14H,3,6-10H2,1-2H3,(H,17,20). The van der Waals surface area contributed by atoms with Crippen molar-refractivity contribution in [2.75, 3.05) is 19.6 Å². The molecule has 2 rings (SSSR count). The van der Waals surface area contributed by atoms with E-state index >= 15 is 0 Å². The molecule has 1 saturated heterocycles. The first-order valence-corrected chi connectivity index (χ1v) is 7.79. The topological polar surface area (TPSA) is 75.5 Å². The van der Waals surface area contributed by atoms with E-state index in [9.17, 15) is 14.9 Å². The lowest BCUT2D eigenvalue weighted by molar-refractivity contribution is -0.385. The van der Waals surface area contributed by atoms with Crippen molar-refractivity contribution in [1.82, 2.24) is 10.2 Å². The number of carbonyl (C=O) groups excluding carboxylic acids is 1. The number of likely N-dealkylation sites (tertiary alicyclic amines) is 1. The van der Waals surface area contributed by atoms with E-state index in [1.54, 1.807) is 13.0 Å². The number of nitrogens with zero attached hydrogens (tertiary/aromatic N) is 2. The zero-order chi connectivity index (χ0) is 16.1. The molecule has 6 heteroatoms. The lowest BCUT2D eigenvalue weighted by atomic mass is 10.0. The van der Waals surface area contributed by atoms with Crippen LogP contribution in [0.3, 0.4) is 0 Å². The van der Waals surface area contributed by atoms with E-state index < -0.39 is 4.92 Å². The molecule has 1 aromatic carbocycles. The maximum absolute atomic E-state index is 12.3. The van der Waals surface area contributed by atoms with E-state index in [-0.39, 0.29) is 17.6 Å². The van der Waals surface area contributed by atoms with Crippen LogP contribution in [0.2, 0.25) is 0 Å². The van der Waals surface area contributed by atoms with Crippen LogP contribution in [0.4, 0.5) is 5.69 Å². The second-order valence-electron chi connectivity index (χ2n) is 5.85. The summed E-state index contributed by atoms with van der Waals surface area (Å²) in [6.45, 7) is 6.96. The Morgan fingerprint density at radius 3 is 2.64 bits per heavy atom. The number of nitrogens with one attached hydrogen (secondary N) is 1. The highest BCUT2D eigenvalue weighted by Gasteiger charge is 2.21. The lowest BCUT2D eigenvalue weighted by Gasteiger charge is -2.32. The molecule has 1 amide bonds. The maximum Gasteiger partial charge on any atom is 0.272 e. The quantitative estimate of drug-likeness (QED) is 0.670. The van der Waals surface area contributed by atoms with Gasteiger partial charge in [-0.25, -0.2) is 0 Å². The van der Waals surface area contributed by atoms with E-state index in [0.29, 0.717) is 11.1 Å². The van der Waals surface area contributed by atoms with Crippen LogP contribution in [-0.4, -0.2) is 41.4 Å². The fraction of sp³-hybridized carbons (Fsp3) is 0.562. The van der Waals surface area contributed by atoms with Crippen molar-refractivity contribution >= 4 is 11.6 Å². The molecule has 1 N–H and O–H groups in total. The Hall–Kier alpha value is -1.95. The molecular weight excluding hydrogens is 282 g/mol. The summed E-state index contributed by atoms with van der Waals surface area (Å²) >= 11 is 0. The Labute approximate surface area is 130 Å². The summed E-state index contributed by atoms with van der Waals surface area (Å²) in [6, 6.07) is 4.69. The van der Waals surface area contributed by atoms with Gasteiger partial charge >= 0.3 is 0 Å². The molecule has 0 spiro atoms. The highest BCUT2D eigenvalue weighted by Crippen LogP contribution is 2.19. The number of hydrogen-bond donors (Lipinski definition) is 1. The molecule has 1 fully saturated rings. The second-order valence-corrected chi connectivity index (χ2v) is 5.85. The summed E-state index contributed by atoms with van der Waals surface area (Å²) in [6.07, 6.45) is 3.06. The molecular formula is C16H23N3O3. The SMILES string of the molecule is CCCN1CCC(NC(=O)c2ccc([N+](=O)[O-])c(C)c2)CC1. The molecule has 1 aliphatic rings. The number of nitro groups is 1. The van der Waals surface area contributed by atoms with Crippen LogP contribution in [0.5, 0.6) is 0 Å². The third-order valence-corrected chi connectivity index (χ3v) is 4.12. The van der Waals surface area contributed by atoms with Crippen LogP contribution in [0.25, 0.3) is 0 Å². The monoisotopic (exact) mass is 305 g/mol. The van der Waals surface area contributed by atoms with Crippen LogP contribution in [0.1, 0.15) is 42.1 Å². The van der Waals surface area contributed by atoms with Crippen LogP contribution >= 0.6 is 0 Å². The fourth-order valence-electron chi connectivity index (χ4n) is 2.89. The summed E-state index contributed by atoms with van der Waals surface area (Å²) in [5.41, 5.74) is 1.04. The minimum atomic E-state index is -0.430. The Morgan fingerprint density at radius 1 is 1.41 bits per heavy atom. The van der Waals surface area contributed by atoms with Gasteiger partial charge in [-0.05, 0) is 44.9 Å². The predicted octanol–water partition coefficient (Wildman–Crippen LogP) is 2.51. The number of hydrogen-bond acceptors (Lipinski definition) is 4. The van der Waals surface area contributed by atoms with Gasteiger partial charge in [0.2, 0.25) is 0 Å². The van der Waals surface area contributed by atoms with Crippen molar-refractivity contribution in [2.24, 2.45) is 0 Å².